The number of carbonyl (C=O) groups is 1. The van der Waals surface area contributed by atoms with Gasteiger partial charge in [-0.25, -0.2) is 9.78 Å². The number of rotatable bonds is 4. The summed E-state index contributed by atoms with van der Waals surface area (Å²) in [6.45, 7) is 0. The van der Waals surface area contributed by atoms with Gasteiger partial charge in [0.25, 0.3) is 0 Å². The van der Waals surface area contributed by atoms with Crippen LogP contribution in [0.5, 0.6) is 0 Å². The number of hydrogen-bond acceptors (Lipinski definition) is 5. The maximum Gasteiger partial charge on any atom is 0.417 e. The molecule has 0 unspecified atom stereocenters. The minimum absolute atomic E-state index is 0.0796. The van der Waals surface area contributed by atoms with E-state index in [-0.39, 0.29) is 12.3 Å². The molecule has 0 bridgehead atoms. The molecular weight excluding hydrogens is 322 g/mol. The van der Waals surface area contributed by atoms with Gasteiger partial charge in [-0.05, 0) is 30.3 Å². The molecule has 1 amide bonds. The summed E-state index contributed by atoms with van der Waals surface area (Å²) in [6, 6.07) is 14.4. The highest BCUT2D eigenvalue weighted by atomic mass is 16.4. The molecule has 0 atom stereocenters. The van der Waals surface area contributed by atoms with E-state index in [9.17, 15) is 9.59 Å². The van der Waals surface area contributed by atoms with Crippen molar-refractivity contribution in [2.45, 2.75) is 6.42 Å². The fraction of sp³-hybridized carbons (Fsp3) is 0.0556. The zero-order chi connectivity index (χ0) is 17.2. The minimum Gasteiger partial charge on any atom is -0.444 e. The standard InChI is InChI=1S/C18H13N3O4/c22-16(19-12-6-7-15-14(8-12)21-18(23)25-15)9-13-10-24-17(20-13)11-4-2-1-3-5-11/h1-8,10H,9H2,(H,19,22)(H,21,23). The highest BCUT2D eigenvalue weighted by Gasteiger charge is 2.11. The molecule has 0 saturated carbocycles. The van der Waals surface area contributed by atoms with Gasteiger partial charge in [-0.1, -0.05) is 18.2 Å². The Kier molecular flexibility index (Phi) is 3.66. The van der Waals surface area contributed by atoms with Gasteiger partial charge in [-0.2, -0.15) is 0 Å². The van der Waals surface area contributed by atoms with Crippen molar-refractivity contribution in [2.24, 2.45) is 0 Å². The van der Waals surface area contributed by atoms with E-state index in [2.05, 4.69) is 15.3 Å². The fourth-order valence-electron chi connectivity index (χ4n) is 2.50. The van der Waals surface area contributed by atoms with E-state index in [1.54, 1.807) is 18.2 Å². The SMILES string of the molecule is O=C(Cc1coc(-c2ccccc2)n1)Nc1ccc2oc(=O)[nH]c2c1. The van der Waals surface area contributed by atoms with E-state index in [0.29, 0.717) is 28.4 Å². The lowest BCUT2D eigenvalue weighted by Crippen LogP contribution is -2.14. The minimum atomic E-state index is -0.533. The second-order valence-electron chi connectivity index (χ2n) is 5.46. The van der Waals surface area contributed by atoms with E-state index in [4.69, 9.17) is 8.83 Å². The Morgan fingerprint density at radius 2 is 2.00 bits per heavy atom. The number of oxazole rings is 2. The van der Waals surface area contributed by atoms with Crippen molar-refractivity contribution in [1.29, 1.82) is 0 Å². The summed E-state index contributed by atoms with van der Waals surface area (Å²) in [6.07, 6.45) is 1.55. The number of aromatic nitrogens is 2. The average Bonchev–Trinajstić information content (AvgIpc) is 3.21. The van der Waals surface area contributed by atoms with Gasteiger partial charge in [0.1, 0.15) is 6.26 Å². The molecule has 25 heavy (non-hydrogen) atoms. The van der Waals surface area contributed by atoms with Crippen LogP contribution in [0.15, 0.2) is 68.4 Å². The van der Waals surface area contributed by atoms with E-state index >= 15 is 0 Å². The molecular formula is C18H13N3O4. The molecule has 124 valence electrons. The molecule has 0 aliphatic rings. The summed E-state index contributed by atoms with van der Waals surface area (Å²) in [5, 5.41) is 2.76. The van der Waals surface area contributed by atoms with Crippen LogP contribution in [-0.4, -0.2) is 15.9 Å². The molecule has 2 heterocycles. The largest absolute Gasteiger partial charge is 0.444 e. The molecule has 4 rings (SSSR count). The van der Waals surface area contributed by atoms with Crippen molar-refractivity contribution in [1.82, 2.24) is 9.97 Å². The van der Waals surface area contributed by atoms with Gasteiger partial charge in [-0.15, -0.1) is 0 Å². The molecule has 7 nitrogen and oxygen atoms in total. The lowest BCUT2D eigenvalue weighted by atomic mass is 10.2. The fourth-order valence-corrected chi connectivity index (χ4v) is 2.50. The lowest BCUT2D eigenvalue weighted by molar-refractivity contribution is -0.115. The van der Waals surface area contributed by atoms with Crippen molar-refractivity contribution in [3.63, 3.8) is 0 Å². The number of anilines is 1. The summed E-state index contributed by atoms with van der Waals surface area (Å²) in [5.41, 5.74) is 2.90. The van der Waals surface area contributed by atoms with Crippen LogP contribution in [0.3, 0.4) is 0 Å². The first-order valence-corrected chi connectivity index (χ1v) is 7.60. The van der Waals surface area contributed by atoms with Crippen molar-refractivity contribution >= 4 is 22.7 Å². The van der Waals surface area contributed by atoms with Crippen molar-refractivity contribution < 1.29 is 13.6 Å². The van der Waals surface area contributed by atoms with Gasteiger partial charge in [0, 0.05) is 11.3 Å². The Morgan fingerprint density at radius 3 is 2.84 bits per heavy atom. The predicted octanol–water partition coefficient (Wildman–Crippen LogP) is 2.96. The molecule has 4 aromatic rings. The zero-order valence-corrected chi connectivity index (χ0v) is 13.0. The third-order valence-electron chi connectivity index (χ3n) is 3.62. The van der Waals surface area contributed by atoms with Gasteiger partial charge in [-0.3, -0.25) is 9.78 Å². The Balaban J connectivity index is 1.46. The number of nitrogens with one attached hydrogen (secondary N) is 2. The molecule has 0 fully saturated rings. The molecule has 2 aromatic carbocycles. The highest BCUT2D eigenvalue weighted by molar-refractivity contribution is 5.93. The maximum atomic E-state index is 12.2. The number of H-pyrrole nitrogens is 1. The molecule has 0 aliphatic carbocycles. The summed E-state index contributed by atoms with van der Waals surface area (Å²) in [4.78, 5) is 30.2. The van der Waals surface area contributed by atoms with Crippen LogP contribution >= 0.6 is 0 Å². The third kappa shape index (κ3) is 3.20. The molecule has 2 N–H and O–H groups in total. The number of hydrogen-bond donors (Lipinski definition) is 2. The van der Waals surface area contributed by atoms with Crippen LogP contribution in [0.4, 0.5) is 5.69 Å². The first-order valence-electron chi connectivity index (χ1n) is 7.60. The number of amides is 1. The number of aromatic amines is 1. The number of carbonyl (C=O) groups excluding carboxylic acids is 1. The molecule has 0 radical (unpaired) electrons. The summed E-state index contributed by atoms with van der Waals surface area (Å²) >= 11 is 0. The molecule has 0 aliphatic heterocycles. The maximum absolute atomic E-state index is 12.2. The first-order chi connectivity index (χ1) is 12.2. The van der Waals surface area contributed by atoms with Gasteiger partial charge in [0.05, 0.1) is 17.6 Å². The van der Waals surface area contributed by atoms with E-state index in [1.807, 2.05) is 30.3 Å². The third-order valence-corrected chi connectivity index (χ3v) is 3.62. The van der Waals surface area contributed by atoms with E-state index < -0.39 is 5.76 Å². The smallest absolute Gasteiger partial charge is 0.417 e. The monoisotopic (exact) mass is 335 g/mol. The highest BCUT2D eigenvalue weighted by Crippen LogP contribution is 2.19. The van der Waals surface area contributed by atoms with Crippen molar-refractivity contribution in [3.8, 4) is 11.5 Å². The van der Waals surface area contributed by atoms with Crippen LogP contribution < -0.4 is 11.1 Å². The zero-order valence-electron chi connectivity index (χ0n) is 13.0. The van der Waals surface area contributed by atoms with Crippen molar-refractivity contribution in [3.05, 3.63) is 71.0 Å². The van der Waals surface area contributed by atoms with Crippen LogP contribution in [0.25, 0.3) is 22.6 Å². The lowest BCUT2D eigenvalue weighted by Gasteiger charge is -2.03. The van der Waals surface area contributed by atoms with Crippen LogP contribution in [0.2, 0.25) is 0 Å². The average molecular weight is 335 g/mol. The Hall–Kier alpha value is -3.61. The van der Waals surface area contributed by atoms with Gasteiger partial charge in [0.15, 0.2) is 5.58 Å². The second-order valence-corrected chi connectivity index (χ2v) is 5.46. The first kappa shape index (κ1) is 14.9. The van der Waals surface area contributed by atoms with Crippen molar-refractivity contribution in [2.75, 3.05) is 5.32 Å². The number of benzene rings is 2. The van der Waals surface area contributed by atoms with Crippen LogP contribution in [-0.2, 0) is 11.2 Å². The predicted molar refractivity (Wildman–Crippen MR) is 91.1 cm³/mol. The Bertz CT molecular complexity index is 1090. The second kappa shape index (κ2) is 6.12. The Morgan fingerprint density at radius 1 is 1.16 bits per heavy atom. The molecule has 2 aromatic heterocycles. The van der Waals surface area contributed by atoms with Gasteiger partial charge in [0.2, 0.25) is 11.8 Å². The normalized spacial score (nSPS) is 10.9. The molecule has 0 spiro atoms. The van der Waals surface area contributed by atoms with E-state index in [0.717, 1.165) is 5.56 Å². The van der Waals surface area contributed by atoms with E-state index in [1.165, 1.54) is 6.26 Å². The molecule has 7 heteroatoms. The summed E-state index contributed by atoms with van der Waals surface area (Å²) in [7, 11) is 0. The Labute approximate surface area is 141 Å². The van der Waals surface area contributed by atoms with Gasteiger partial charge < -0.3 is 14.2 Å². The quantitative estimate of drug-likeness (QED) is 0.597. The van der Waals surface area contributed by atoms with Gasteiger partial charge >= 0.3 is 5.76 Å². The number of nitrogens with zero attached hydrogens (tertiary/aromatic N) is 1. The van der Waals surface area contributed by atoms with Crippen LogP contribution in [0, 0.1) is 0 Å². The molecule has 0 saturated heterocycles. The number of fused-ring (bicyclic) bond motifs is 1. The summed E-state index contributed by atoms with van der Waals surface area (Å²) < 4.78 is 10.3. The topological polar surface area (TPSA) is 101 Å². The summed E-state index contributed by atoms with van der Waals surface area (Å²) in [5.74, 6) is -0.298. The van der Waals surface area contributed by atoms with Crippen LogP contribution in [0.1, 0.15) is 5.69 Å².